The van der Waals surface area contributed by atoms with E-state index in [1.54, 1.807) is 0 Å². The van der Waals surface area contributed by atoms with Crippen molar-refractivity contribution in [2.45, 2.75) is 52.0 Å². The van der Waals surface area contributed by atoms with Gasteiger partial charge in [0.2, 0.25) is 0 Å². The van der Waals surface area contributed by atoms with Crippen LogP contribution in [0.25, 0.3) is 0 Å². The van der Waals surface area contributed by atoms with Gasteiger partial charge in [0.25, 0.3) is 0 Å². The molecule has 0 aromatic carbocycles. The summed E-state index contributed by atoms with van der Waals surface area (Å²) in [6, 6.07) is 0. The second-order valence-electron chi connectivity index (χ2n) is 5.04. The largest absolute Gasteiger partial charge is 0.314 e. The zero-order chi connectivity index (χ0) is 10.4. The average molecular weight is 198 g/mol. The van der Waals surface area contributed by atoms with E-state index in [-0.39, 0.29) is 0 Å². The van der Waals surface area contributed by atoms with Crippen molar-refractivity contribution in [3.05, 3.63) is 0 Å². The van der Waals surface area contributed by atoms with Gasteiger partial charge in [-0.1, -0.05) is 26.2 Å². The lowest BCUT2D eigenvalue weighted by molar-refractivity contribution is 0.0886. The molecular formula is C12H26N2. The molecule has 0 atom stereocenters. The molecule has 0 saturated carbocycles. The normalized spacial score (nSPS) is 22.5. The molecule has 0 bridgehead atoms. The Morgan fingerprint density at radius 1 is 1.21 bits per heavy atom. The molecule has 0 aromatic rings. The van der Waals surface area contributed by atoms with Crippen molar-refractivity contribution in [3.63, 3.8) is 0 Å². The van der Waals surface area contributed by atoms with Crippen LogP contribution in [0, 0.1) is 0 Å². The van der Waals surface area contributed by atoms with Crippen LogP contribution in [0.15, 0.2) is 0 Å². The van der Waals surface area contributed by atoms with Gasteiger partial charge in [0.1, 0.15) is 0 Å². The molecule has 1 aliphatic heterocycles. The van der Waals surface area contributed by atoms with Crippen LogP contribution in [0.3, 0.4) is 0 Å². The standard InChI is InChI=1S/C12H26N2/c1-4-5-6-7-9-14-10-8-13-11-12(14,2)3/h13H,4-11H2,1-3H3. The van der Waals surface area contributed by atoms with Gasteiger partial charge in [-0.15, -0.1) is 0 Å². The quantitative estimate of drug-likeness (QED) is 0.682. The summed E-state index contributed by atoms with van der Waals surface area (Å²) in [7, 11) is 0. The molecule has 2 nitrogen and oxygen atoms in total. The fourth-order valence-corrected chi connectivity index (χ4v) is 2.17. The number of unbranched alkanes of at least 4 members (excludes halogenated alkanes) is 3. The minimum absolute atomic E-state index is 0.366. The predicted molar refractivity (Wildman–Crippen MR) is 62.7 cm³/mol. The highest BCUT2D eigenvalue weighted by Crippen LogP contribution is 2.17. The van der Waals surface area contributed by atoms with E-state index in [1.165, 1.54) is 38.8 Å². The number of piperazine rings is 1. The van der Waals surface area contributed by atoms with Gasteiger partial charge in [-0.2, -0.15) is 0 Å². The fraction of sp³-hybridized carbons (Fsp3) is 1.00. The van der Waals surface area contributed by atoms with Crippen molar-refractivity contribution in [3.8, 4) is 0 Å². The molecule has 1 aliphatic rings. The second kappa shape index (κ2) is 5.72. The maximum atomic E-state index is 3.46. The smallest absolute Gasteiger partial charge is 0.0278 e. The molecule has 1 saturated heterocycles. The van der Waals surface area contributed by atoms with E-state index in [9.17, 15) is 0 Å². The van der Waals surface area contributed by atoms with Gasteiger partial charge in [0, 0.05) is 25.2 Å². The van der Waals surface area contributed by atoms with Crippen LogP contribution in [0.2, 0.25) is 0 Å². The Labute approximate surface area is 89.1 Å². The van der Waals surface area contributed by atoms with Crippen LogP contribution in [0.5, 0.6) is 0 Å². The van der Waals surface area contributed by atoms with Crippen LogP contribution in [-0.2, 0) is 0 Å². The molecule has 0 unspecified atom stereocenters. The van der Waals surface area contributed by atoms with Crippen molar-refractivity contribution in [2.75, 3.05) is 26.2 Å². The summed E-state index contributed by atoms with van der Waals surface area (Å²) in [5.41, 5.74) is 0.366. The Hall–Kier alpha value is -0.0800. The minimum Gasteiger partial charge on any atom is -0.314 e. The van der Waals surface area contributed by atoms with Crippen LogP contribution in [-0.4, -0.2) is 36.6 Å². The Bertz CT molecular complexity index is 154. The molecule has 0 spiro atoms. The van der Waals surface area contributed by atoms with Crippen molar-refractivity contribution >= 4 is 0 Å². The van der Waals surface area contributed by atoms with Gasteiger partial charge >= 0.3 is 0 Å². The number of hydrogen-bond acceptors (Lipinski definition) is 2. The summed E-state index contributed by atoms with van der Waals surface area (Å²) in [4.78, 5) is 2.64. The highest BCUT2D eigenvalue weighted by atomic mass is 15.2. The van der Waals surface area contributed by atoms with Crippen LogP contribution in [0.4, 0.5) is 0 Å². The maximum Gasteiger partial charge on any atom is 0.0278 e. The molecule has 2 heteroatoms. The molecule has 0 amide bonds. The van der Waals surface area contributed by atoms with Crippen LogP contribution in [0.1, 0.15) is 46.5 Å². The SMILES string of the molecule is CCCCCCN1CCNCC1(C)C. The van der Waals surface area contributed by atoms with E-state index in [4.69, 9.17) is 0 Å². The molecule has 14 heavy (non-hydrogen) atoms. The molecule has 1 rings (SSSR count). The van der Waals surface area contributed by atoms with E-state index in [0.717, 1.165) is 13.1 Å². The number of nitrogens with one attached hydrogen (secondary N) is 1. The monoisotopic (exact) mass is 198 g/mol. The summed E-state index contributed by atoms with van der Waals surface area (Å²) in [5, 5.41) is 3.46. The van der Waals surface area contributed by atoms with Gasteiger partial charge in [0.05, 0.1) is 0 Å². The van der Waals surface area contributed by atoms with Gasteiger partial charge in [-0.3, -0.25) is 4.90 Å². The fourth-order valence-electron chi connectivity index (χ4n) is 2.17. The first-order chi connectivity index (χ1) is 6.67. The third-order valence-corrected chi connectivity index (χ3v) is 3.25. The Morgan fingerprint density at radius 3 is 2.64 bits per heavy atom. The number of rotatable bonds is 5. The zero-order valence-electron chi connectivity index (χ0n) is 10.1. The number of nitrogens with zero attached hydrogens (tertiary/aromatic N) is 1. The number of hydrogen-bond donors (Lipinski definition) is 1. The first-order valence-electron chi connectivity index (χ1n) is 6.12. The second-order valence-corrected chi connectivity index (χ2v) is 5.04. The highest BCUT2D eigenvalue weighted by molar-refractivity contribution is 4.87. The predicted octanol–water partition coefficient (Wildman–Crippen LogP) is 2.25. The molecule has 1 heterocycles. The lowest BCUT2D eigenvalue weighted by atomic mass is 9.99. The first-order valence-corrected chi connectivity index (χ1v) is 6.12. The van der Waals surface area contributed by atoms with Crippen LogP contribution >= 0.6 is 0 Å². The summed E-state index contributed by atoms with van der Waals surface area (Å²) in [6.07, 6.45) is 5.51. The Balaban J connectivity index is 2.20. The Morgan fingerprint density at radius 2 is 2.00 bits per heavy atom. The van der Waals surface area contributed by atoms with Crippen molar-refractivity contribution in [1.29, 1.82) is 0 Å². The first kappa shape index (κ1) is 12.0. The van der Waals surface area contributed by atoms with E-state index in [1.807, 2.05) is 0 Å². The topological polar surface area (TPSA) is 15.3 Å². The molecule has 0 aliphatic carbocycles. The lowest BCUT2D eigenvalue weighted by Crippen LogP contribution is -2.57. The van der Waals surface area contributed by atoms with Crippen molar-refractivity contribution < 1.29 is 0 Å². The van der Waals surface area contributed by atoms with Gasteiger partial charge in [-0.05, 0) is 26.8 Å². The van der Waals surface area contributed by atoms with E-state index in [2.05, 4.69) is 31.0 Å². The van der Waals surface area contributed by atoms with Gasteiger partial charge in [0.15, 0.2) is 0 Å². The third kappa shape index (κ3) is 3.58. The molecular weight excluding hydrogens is 172 g/mol. The molecule has 0 radical (unpaired) electrons. The van der Waals surface area contributed by atoms with Crippen molar-refractivity contribution in [1.82, 2.24) is 10.2 Å². The Kier molecular flexibility index (Phi) is 4.90. The van der Waals surface area contributed by atoms with E-state index in [0.29, 0.717) is 5.54 Å². The average Bonchev–Trinajstić information content (AvgIpc) is 2.14. The van der Waals surface area contributed by atoms with Crippen molar-refractivity contribution in [2.24, 2.45) is 0 Å². The minimum atomic E-state index is 0.366. The van der Waals surface area contributed by atoms with E-state index >= 15 is 0 Å². The molecule has 1 fully saturated rings. The molecule has 0 aromatic heterocycles. The summed E-state index contributed by atoms with van der Waals surface area (Å²) in [6.45, 7) is 11.8. The van der Waals surface area contributed by atoms with Gasteiger partial charge < -0.3 is 5.32 Å². The molecule has 84 valence electrons. The zero-order valence-corrected chi connectivity index (χ0v) is 10.1. The third-order valence-electron chi connectivity index (χ3n) is 3.25. The maximum absolute atomic E-state index is 3.46. The summed E-state index contributed by atoms with van der Waals surface area (Å²) >= 11 is 0. The summed E-state index contributed by atoms with van der Waals surface area (Å²) in [5.74, 6) is 0. The highest BCUT2D eigenvalue weighted by Gasteiger charge is 2.28. The summed E-state index contributed by atoms with van der Waals surface area (Å²) < 4.78 is 0. The van der Waals surface area contributed by atoms with Crippen LogP contribution < -0.4 is 5.32 Å². The molecule has 1 N–H and O–H groups in total. The van der Waals surface area contributed by atoms with Gasteiger partial charge in [-0.25, -0.2) is 0 Å². The lowest BCUT2D eigenvalue weighted by Gasteiger charge is -2.43. The van der Waals surface area contributed by atoms with E-state index < -0.39 is 0 Å².